The molecule has 0 aliphatic rings. The molecule has 0 fully saturated rings. The van der Waals surface area contributed by atoms with Gasteiger partial charge < -0.3 is 20.1 Å². The molecule has 0 aromatic carbocycles. The molecule has 3 N–H and O–H groups in total. The summed E-state index contributed by atoms with van der Waals surface area (Å²) in [6.07, 6.45) is 41.5. The average Bonchev–Trinajstić information content (AvgIpc) is 3.07. The summed E-state index contributed by atoms with van der Waals surface area (Å²) in [6, 6.07) is 0. The van der Waals surface area contributed by atoms with E-state index in [2.05, 4.69) is 86.0 Å². The fourth-order valence-corrected chi connectivity index (χ4v) is 4.74. The molecule has 0 bridgehead atoms. The van der Waals surface area contributed by atoms with Crippen LogP contribution in [0, 0.1) is 0 Å². The number of hydrogen-bond donors (Lipinski definition) is 3. The minimum atomic E-state index is -4.43. The maximum Gasteiger partial charge on any atom is 0.472 e. The molecule has 0 saturated carbocycles. The lowest BCUT2D eigenvalue weighted by Gasteiger charge is -2.15. The van der Waals surface area contributed by atoms with Crippen molar-refractivity contribution < 1.29 is 37.9 Å². The number of unbranched alkanes of at least 4 members (excludes halogenated alkanes) is 5. The van der Waals surface area contributed by atoms with Gasteiger partial charge in [-0.1, -0.05) is 131 Å². The Morgan fingerprint density at radius 1 is 0.667 bits per heavy atom. The second-order valence-electron chi connectivity index (χ2n) is 11.1. The molecule has 0 saturated heterocycles. The number of phosphoric ester groups is 1. The standard InChI is InChI=1S/C38H62NO8P/c1-3-5-7-9-11-12-13-14-15-16-17-18-19-20-21-22-23-24-25-26-28-30-37(41)39-32-33-46-48(43,44)47-35-36(40)34-45-38(42)31-29-27-10-8-6-4-2/h5,7,11-12,14-15,17-18,20-21,23-24,26,28,36,40H,3-4,6,8-10,13,16,19,22,25,27,29-35H2,1-2H3,(H,39,41)(H,43,44)/b7-5-,12-11-,15-14-,18-17-,21-20-,24-23-,28-26-. The molecule has 272 valence electrons. The minimum Gasteiger partial charge on any atom is -0.463 e. The Hall–Kier alpha value is -2.81. The van der Waals surface area contributed by atoms with Crippen LogP contribution < -0.4 is 5.32 Å². The van der Waals surface area contributed by atoms with E-state index in [1.165, 1.54) is 6.42 Å². The molecule has 0 heterocycles. The average molecular weight is 692 g/mol. The van der Waals surface area contributed by atoms with E-state index in [4.69, 9.17) is 13.8 Å². The monoisotopic (exact) mass is 691 g/mol. The van der Waals surface area contributed by atoms with Crippen LogP contribution in [0.1, 0.15) is 110 Å². The first-order chi connectivity index (χ1) is 23.3. The number of aliphatic hydroxyl groups excluding tert-OH is 1. The third-order valence-electron chi connectivity index (χ3n) is 6.62. The Morgan fingerprint density at radius 3 is 1.67 bits per heavy atom. The zero-order valence-corrected chi connectivity index (χ0v) is 30.3. The summed E-state index contributed by atoms with van der Waals surface area (Å²) in [5, 5.41) is 12.5. The van der Waals surface area contributed by atoms with Crippen molar-refractivity contribution in [3.8, 4) is 0 Å². The molecule has 0 aromatic rings. The summed E-state index contributed by atoms with van der Waals surface area (Å²) in [5.41, 5.74) is 0. The highest BCUT2D eigenvalue weighted by Crippen LogP contribution is 2.42. The molecule has 9 nitrogen and oxygen atoms in total. The number of nitrogens with one attached hydrogen (secondary N) is 1. The van der Waals surface area contributed by atoms with Crippen LogP contribution in [0.4, 0.5) is 0 Å². The van der Waals surface area contributed by atoms with Crippen molar-refractivity contribution in [1.29, 1.82) is 0 Å². The first kappa shape index (κ1) is 45.2. The largest absolute Gasteiger partial charge is 0.472 e. The molecule has 48 heavy (non-hydrogen) atoms. The number of carbonyl (C=O) groups is 2. The number of aliphatic hydroxyl groups is 1. The van der Waals surface area contributed by atoms with Gasteiger partial charge in [-0.3, -0.25) is 18.6 Å². The van der Waals surface area contributed by atoms with Crippen molar-refractivity contribution in [2.75, 3.05) is 26.4 Å². The lowest BCUT2D eigenvalue weighted by atomic mass is 10.1. The molecule has 0 spiro atoms. The second-order valence-corrected chi connectivity index (χ2v) is 12.6. The van der Waals surface area contributed by atoms with Crippen LogP contribution in [0.25, 0.3) is 0 Å². The lowest BCUT2D eigenvalue weighted by Crippen LogP contribution is -2.26. The number of rotatable bonds is 31. The van der Waals surface area contributed by atoms with E-state index in [-0.39, 0.29) is 38.5 Å². The van der Waals surface area contributed by atoms with Gasteiger partial charge in [0.05, 0.1) is 13.2 Å². The van der Waals surface area contributed by atoms with Gasteiger partial charge in [0.15, 0.2) is 0 Å². The number of hydrogen-bond acceptors (Lipinski definition) is 7. The Morgan fingerprint density at radius 2 is 1.15 bits per heavy atom. The van der Waals surface area contributed by atoms with E-state index in [1.807, 2.05) is 12.2 Å². The molecule has 0 aromatic heterocycles. The molecule has 2 atom stereocenters. The van der Waals surface area contributed by atoms with Crippen LogP contribution in [0.5, 0.6) is 0 Å². The first-order valence-corrected chi connectivity index (χ1v) is 19.1. The van der Waals surface area contributed by atoms with Crippen LogP contribution in [-0.4, -0.2) is 54.3 Å². The smallest absolute Gasteiger partial charge is 0.463 e. The molecule has 2 unspecified atom stereocenters. The maximum atomic E-state index is 12.0. The molecular formula is C38H62NO8P. The van der Waals surface area contributed by atoms with E-state index in [0.29, 0.717) is 0 Å². The molecule has 1 amide bonds. The quantitative estimate of drug-likeness (QED) is 0.0284. The van der Waals surface area contributed by atoms with Gasteiger partial charge in [0.1, 0.15) is 12.7 Å². The number of ether oxygens (including phenoxy) is 1. The Labute approximate surface area is 290 Å². The predicted octanol–water partition coefficient (Wildman–Crippen LogP) is 8.93. The fraction of sp³-hybridized carbons (Fsp3) is 0.579. The highest BCUT2D eigenvalue weighted by molar-refractivity contribution is 7.47. The van der Waals surface area contributed by atoms with Gasteiger partial charge in [0.2, 0.25) is 5.91 Å². The summed E-state index contributed by atoms with van der Waals surface area (Å²) < 4.78 is 26.5. The molecular weight excluding hydrogens is 629 g/mol. The molecule has 0 aliphatic heterocycles. The molecule has 0 rings (SSSR count). The zero-order valence-electron chi connectivity index (χ0n) is 29.4. The van der Waals surface area contributed by atoms with E-state index in [0.717, 1.165) is 77.0 Å². The van der Waals surface area contributed by atoms with Gasteiger partial charge in [-0.25, -0.2) is 4.57 Å². The van der Waals surface area contributed by atoms with Crippen LogP contribution in [0.15, 0.2) is 85.1 Å². The van der Waals surface area contributed by atoms with Crippen molar-refractivity contribution >= 4 is 19.7 Å². The van der Waals surface area contributed by atoms with Crippen molar-refractivity contribution in [3.63, 3.8) is 0 Å². The third-order valence-corrected chi connectivity index (χ3v) is 7.60. The van der Waals surface area contributed by atoms with Crippen LogP contribution in [-0.2, 0) is 27.9 Å². The van der Waals surface area contributed by atoms with E-state index in [1.54, 1.807) is 6.08 Å². The number of esters is 1. The number of allylic oxidation sites excluding steroid dienone is 13. The normalized spacial score (nSPS) is 14.5. The number of carbonyl (C=O) groups excluding carboxylic acids is 2. The number of phosphoric acid groups is 1. The summed E-state index contributed by atoms with van der Waals surface area (Å²) >= 11 is 0. The van der Waals surface area contributed by atoms with Gasteiger partial charge in [0, 0.05) is 19.4 Å². The van der Waals surface area contributed by atoms with Gasteiger partial charge in [-0.05, 0) is 51.4 Å². The summed E-state index contributed by atoms with van der Waals surface area (Å²) in [5.74, 6) is -0.670. The van der Waals surface area contributed by atoms with Gasteiger partial charge >= 0.3 is 13.8 Å². The summed E-state index contributed by atoms with van der Waals surface area (Å²) in [7, 11) is -4.43. The van der Waals surface area contributed by atoms with Gasteiger partial charge in [-0.2, -0.15) is 0 Å². The van der Waals surface area contributed by atoms with Crippen LogP contribution in [0.2, 0.25) is 0 Å². The van der Waals surface area contributed by atoms with Crippen LogP contribution >= 0.6 is 7.82 Å². The van der Waals surface area contributed by atoms with Crippen molar-refractivity contribution in [2.24, 2.45) is 0 Å². The highest BCUT2D eigenvalue weighted by Gasteiger charge is 2.23. The summed E-state index contributed by atoms with van der Waals surface area (Å²) in [6.45, 7) is 3.19. The lowest BCUT2D eigenvalue weighted by molar-refractivity contribution is -0.147. The molecule has 10 heteroatoms. The van der Waals surface area contributed by atoms with E-state index < -0.39 is 26.5 Å². The Kier molecular flexibility index (Phi) is 32.1. The van der Waals surface area contributed by atoms with Crippen LogP contribution in [0.3, 0.4) is 0 Å². The third kappa shape index (κ3) is 34.5. The molecule has 0 radical (unpaired) electrons. The SMILES string of the molecule is CC/C=C\C/C=C\C/C=C\C/C=C\C/C=C\C/C=C\C/C=C\CC(=O)NCCOP(=O)(O)OCC(O)COC(=O)CCCCCCCC. The minimum absolute atomic E-state index is 0.0202. The van der Waals surface area contributed by atoms with Crippen molar-refractivity contribution in [3.05, 3.63) is 85.1 Å². The summed E-state index contributed by atoms with van der Waals surface area (Å²) in [4.78, 5) is 33.4. The van der Waals surface area contributed by atoms with E-state index in [9.17, 15) is 24.2 Å². The topological polar surface area (TPSA) is 131 Å². The second kappa shape index (κ2) is 34.1. The number of amides is 1. The zero-order chi connectivity index (χ0) is 35.4. The Balaban J connectivity index is 3.81. The fourth-order valence-electron chi connectivity index (χ4n) is 3.98. The Bertz CT molecular complexity index is 1060. The van der Waals surface area contributed by atoms with Crippen molar-refractivity contribution in [1.82, 2.24) is 5.32 Å². The van der Waals surface area contributed by atoms with Gasteiger partial charge in [-0.15, -0.1) is 0 Å². The highest BCUT2D eigenvalue weighted by atomic mass is 31.2. The van der Waals surface area contributed by atoms with E-state index >= 15 is 0 Å². The molecule has 0 aliphatic carbocycles. The van der Waals surface area contributed by atoms with Crippen molar-refractivity contribution in [2.45, 2.75) is 116 Å². The predicted molar refractivity (Wildman–Crippen MR) is 196 cm³/mol. The van der Waals surface area contributed by atoms with Gasteiger partial charge in [0.25, 0.3) is 0 Å². The first-order valence-electron chi connectivity index (χ1n) is 17.6. The maximum absolute atomic E-state index is 12.0.